The molecule has 2 nitrogen and oxygen atoms in total. The minimum absolute atomic E-state index is 0.207. The van der Waals surface area contributed by atoms with Crippen LogP contribution in [0.15, 0.2) is 30.3 Å². The molecule has 3 rings (SSSR count). The van der Waals surface area contributed by atoms with Gasteiger partial charge in [-0.1, -0.05) is 31.0 Å². The first kappa shape index (κ1) is 11.4. The van der Waals surface area contributed by atoms with E-state index in [4.69, 9.17) is 0 Å². The van der Waals surface area contributed by atoms with Crippen LogP contribution in [0.5, 0.6) is 0 Å². The molecule has 0 N–H and O–H groups in total. The summed E-state index contributed by atoms with van der Waals surface area (Å²) in [6.07, 6.45) is 4.44. The third-order valence-electron chi connectivity index (χ3n) is 3.90. The second-order valence-electron chi connectivity index (χ2n) is 5.19. The maximum atomic E-state index is 12.4. The fourth-order valence-electron chi connectivity index (χ4n) is 2.87. The Kier molecular flexibility index (Phi) is 2.86. The first-order chi connectivity index (χ1) is 8.75. The molecule has 1 fully saturated rings. The Balaban J connectivity index is 2.04. The van der Waals surface area contributed by atoms with Gasteiger partial charge in [0.1, 0.15) is 5.69 Å². The van der Waals surface area contributed by atoms with Crippen molar-refractivity contribution in [2.75, 3.05) is 0 Å². The molecule has 0 amide bonds. The van der Waals surface area contributed by atoms with Gasteiger partial charge in [-0.2, -0.15) is 0 Å². The van der Waals surface area contributed by atoms with Gasteiger partial charge in [0, 0.05) is 11.3 Å². The van der Waals surface area contributed by atoms with Gasteiger partial charge >= 0.3 is 0 Å². The number of carbonyl (C=O) groups is 1. The SMILES string of the molecule is Cc1cc(C(=O)C2CCCC2)nc2ccccc12. The van der Waals surface area contributed by atoms with Crippen molar-refractivity contribution in [3.8, 4) is 0 Å². The van der Waals surface area contributed by atoms with Crippen molar-refractivity contribution in [1.29, 1.82) is 0 Å². The third-order valence-corrected chi connectivity index (χ3v) is 3.90. The van der Waals surface area contributed by atoms with Gasteiger partial charge < -0.3 is 0 Å². The van der Waals surface area contributed by atoms with E-state index in [1.165, 1.54) is 12.8 Å². The van der Waals surface area contributed by atoms with Crippen molar-refractivity contribution in [2.45, 2.75) is 32.6 Å². The molecular formula is C16H17NO. The molecule has 1 aromatic carbocycles. The number of para-hydroxylation sites is 1. The predicted molar refractivity (Wildman–Crippen MR) is 72.8 cm³/mol. The van der Waals surface area contributed by atoms with E-state index in [1.807, 2.05) is 24.3 Å². The van der Waals surface area contributed by atoms with Crippen LogP contribution in [-0.4, -0.2) is 10.8 Å². The number of rotatable bonds is 2. The number of ketones is 1. The smallest absolute Gasteiger partial charge is 0.184 e. The lowest BCUT2D eigenvalue weighted by Crippen LogP contribution is -2.13. The Morgan fingerprint density at radius 1 is 1.22 bits per heavy atom. The summed E-state index contributed by atoms with van der Waals surface area (Å²) in [5.74, 6) is 0.444. The molecule has 2 aromatic rings. The Morgan fingerprint density at radius 2 is 1.94 bits per heavy atom. The van der Waals surface area contributed by atoms with Crippen molar-refractivity contribution in [2.24, 2.45) is 5.92 Å². The third kappa shape index (κ3) is 1.92. The van der Waals surface area contributed by atoms with E-state index in [1.54, 1.807) is 0 Å². The lowest BCUT2D eigenvalue weighted by atomic mass is 9.98. The van der Waals surface area contributed by atoms with Crippen LogP contribution in [0.1, 0.15) is 41.7 Å². The zero-order valence-corrected chi connectivity index (χ0v) is 10.6. The lowest BCUT2D eigenvalue weighted by molar-refractivity contribution is 0.0918. The largest absolute Gasteiger partial charge is 0.292 e. The van der Waals surface area contributed by atoms with Gasteiger partial charge in [-0.25, -0.2) is 4.98 Å². The van der Waals surface area contributed by atoms with Crippen LogP contribution in [-0.2, 0) is 0 Å². The van der Waals surface area contributed by atoms with Gasteiger partial charge in [0.25, 0.3) is 0 Å². The minimum atomic E-state index is 0.207. The van der Waals surface area contributed by atoms with Crippen molar-refractivity contribution < 1.29 is 4.79 Å². The van der Waals surface area contributed by atoms with E-state index < -0.39 is 0 Å². The highest BCUT2D eigenvalue weighted by molar-refractivity contribution is 5.98. The molecule has 0 spiro atoms. The summed E-state index contributed by atoms with van der Waals surface area (Å²) >= 11 is 0. The van der Waals surface area contributed by atoms with Crippen molar-refractivity contribution in [1.82, 2.24) is 4.98 Å². The van der Waals surface area contributed by atoms with Crippen molar-refractivity contribution >= 4 is 16.7 Å². The molecular weight excluding hydrogens is 222 g/mol. The molecule has 1 saturated carbocycles. The van der Waals surface area contributed by atoms with Crippen molar-refractivity contribution in [3.05, 3.63) is 41.6 Å². The summed E-state index contributed by atoms with van der Waals surface area (Å²) in [4.78, 5) is 16.9. The van der Waals surface area contributed by atoms with E-state index in [0.717, 1.165) is 29.3 Å². The summed E-state index contributed by atoms with van der Waals surface area (Å²) in [5, 5.41) is 1.14. The fourth-order valence-corrected chi connectivity index (χ4v) is 2.87. The van der Waals surface area contributed by atoms with E-state index in [2.05, 4.69) is 18.0 Å². The molecule has 18 heavy (non-hydrogen) atoms. The first-order valence-corrected chi connectivity index (χ1v) is 6.66. The molecule has 0 aliphatic heterocycles. The Hall–Kier alpha value is -1.70. The van der Waals surface area contributed by atoms with E-state index in [9.17, 15) is 4.79 Å². The van der Waals surface area contributed by atoms with Crippen LogP contribution in [0.25, 0.3) is 10.9 Å². The molecule has 0 bridgehead atoms. The first-order valence-electron chi connectivity index (χ1n) is 6.66. The molecule has 92 valence electrons. The Labute approximate surface area is 107 Å². The number of carbonyl (C=O) groups excluding carboxylic acids is 1. The molecule has 0 saturated heterocycles. The number of benzene rings is 1. The lowest BCUT2D eigenvalue weighted by Gasteiger charge is -2.09. The highest BCUT2D eigenvalue weighted by Gasteiger charge is 2.25. The number of Topliss-reactive ketones (excluding diaryl/α,β-unsaturated/α-hetero) is 1. The maximum absolute atomic E-state index is 12.4. The van der Waals surface area contributed by atoms with Gasteiger partial charge in [0.2, 0.25) is 0 Å². The molecule has 0 radical (unpaired) electrons. The number of aromatic nitrogens is 1. The average molecular weight is 239 g/mol. The van der Waals surface area contributed by atoms with Gasteiger partial charge in [-0.15, -0.1) is 0 Å². The summed E-state index contributed by atoms with van der Waals surface area (Å²) in [5.41, 5.74) is 2.72. The number of nitrogens with zero attached hydrogens (tertiary/aromatic N) is 1. The topological polar surface area (TPSA) is 30.0 Å². The Morgan fingerprint density at radius 3 is 2.72 bits per heavy atom. The standard InChI is InChI=1S/C16H17NO/c1-11-10-15(16(18)12-6-2-3-7-12)17-14-9-5-4-8-13(11)14/h4-5,8-10,12H,2-3,6-7H2,1H3. The van der Waals surface area contributed by atoms with Crippen LogP contribution in [0, 0.1) is 12.8 Å². The average Bonchev–Trinajstić information content (AvgIpc) is 2.91. The normalized spacial score (nSPS) is 16.3. The number of hydrogen-bond acceptors (Lipinski definition) is 2. The summed E-state index contributed by atoms with van der Waals surface area (Å²) < 4.78 is 0. The molecule has 2 heteroatoms. The minimum Gasteiger partial charge on any atom is -0.292 e. The highest BCUT2D eigenvalue weighted by atomic mass is 16.1. The van der Waals surface area contributed by atoms with Crippen molar-refractivity contribution in [3.63, 3.8) is 0 Å². The molecule has 1 aromatic heterocycles. The number of hydrogen-bond donors (Lipinski definition) is 0. The number of pyridine rings is 1. The molecule has 1 aliphatic carbocycles. The zero-order valence-electron chi connectivity index (χ0n) is 10.6. The van der Waals surface area contributed by atoms with Gasteiger partial charge in [0.05, 0.1) is 5.52 Å². The molecule has 1 heterocycles. The zero-order chi connectivity index (χ0) is 12.5. The Bertz CT molecular complexity index is 597. The van der Waals surface area contributed by atoms with Gasteiger partial charge in [0.15, 0.2) is 5.78 Å². The van der Waals surface area contributed by atoms with E-state index in [0.29, 0.717) is 5.69 Å². The van der Waals surface area contributed by atoms with Crippen LogP contribution in [0.3, 0.4) is 0 Å². The van der Waals surface area contributed by atoms with Gasteiger partial charge in [-0.3, -0.25) is 4.79 Å². The van der Waals surface area contributed by atoms with E-state index in [-0.39, 0.29) is 11.7 Å². The number of fused-ring (bicyclic) bond motifs is 1. The van der Waals surface area contributed by atoms with Crippen LogP contribution in [0.4, 0.5) is 0 Å². The molecule has 1 aliphatic rings. The summed E-state index contributed by atoms with van der Waals surface area (Å²) in [6, 6.07) is 9.96. The number of aryl methyl sites for hydroxylation is 1. The fraction of sp³-hybridized carbons (Fsp3) is 0.375. The summed E-state index contributed by atoms with van der Waals surface area (Å²) in [6.45, 7) is 2.05. The second kappa shape index (κ2) is 4.52. The molecule has 0 unspecified atom stereocenters. The monoisotopic (exact) mass is 239 g/mol. The van der Waals surface area contributed by atoms with Crippen LogP contribution < -0.4 is 0 Å². The maximum Gasteiger partial charge on any atom is 0.184 e. The molecule has 0 atom stereocenters. The van der Waals surface area contributed by atoms with E-state index >= 15 is 0 Å². The quantitative estimate of drug-likeness (QED) is 0.743. The van der Waals surface area contributed by atoms with Crippen LogP contribution >= 0.6 is 0 Å². The van der Waals surface area contributed by atoms with Gasteiger partial charge in [-0.05, 0) is 37.5 Å². The highest BCUT2D eigenvalue weighted by Crippen LogP contribution is 2.28. The van der Waals surface area contributed by atoms with Crippen LogP contribution in [0.2, 0.25) is 0 Å². The second-order valence-corrected chi connectivity index (χ2v) is 5.19. The summed E-state index contributed by atoms with van der Waals surface area (Å²) in [7, 11) is 0. The predicted octanol–water partition coefficient (Wildman–Crippen LogP) is 3.92.